The summed E-state index contributed by atoms with van der Waals surface area (Å²) in [6.07, 6.45) is 6.65. The number of carbonyl (C=O) groups excluding carboxylic acids is 1. The van der Waals surface area contributed by atoms with Crippen molar-refractivity contribution in [3.05, 3.63) is 16.1 Å². The Morgan fingerprint density at radius 1 is 1.19 bits per heavy atom. The zero-order valence-corrected chi connectivity index (χ0v) is 12.7. The Labute approximate surface area is 127 Å². The molecule has 6 heteroatoms. The minimum absolute atomic E-state index is 0.226. The summed E-state index contributed by atoms with van der Waals surface area (Å²) in [6.45, 7) is 0. The molecule has 3 rings (SSSR count). The zero-order chi connectivity index (χ0) is 14.8. The van der Waals surface area contributed by atoms with Gasteiger partial charge in [0.05, 0.1) is 10.9 Å². The number of hydrogen-bond acceptors (Lipinski definition) is 4. The van der Waals surface area contributed by atoms with E-state index in [0.29, 0.717) is 18.0 Å². The Balaban J connectivity index is 1.67. The lowest BCUT2D eigenvalue weighted by molar-refractivity contribution is -0.142. The number of nitrogens with zero attached hydrogens (tertiary/aromatic N) is 1. The summed E-state index contributed by atoms with van der Waals surface area (Å²) < 4.78 is 0. The van der Waals surface area contributed by atoms with Gasteiger partial charge in [-0.1, -0.05) is 19.3 Å². The summed E-state index contributed by atoms with van der Waals surface area (Å²) in [5, 5.41) is 15.1. The topological polar surface area (TPSA) is 79.3 Å². The van der Waals surface area contributed by atoms with Gasteiger partial charge in [0.25, 0.3) is 5.91 Å². The van der Waals surface area contributed by atoms with E-state index in [1.807, 2.05) is 0 Å². The quantitative estimate of drug-likeness (QED) is 0.838. The van der Waals surface area contributed by atoms with Gasteiger partial charge >= 0.3 is 5.97 Å². The Bertz CT molecular complexity index is 539. The Hall–Kier alpha value is -1.43. The molecule has 0 spiro atoms. The second kappa shape index (κ2) is 6.13. The Morgan fingerprint density at radius 3 is 2.67 bits per heavy atom. The Kier molecular flexibility index (Phi) is 4.24. The first-order chi connectivity index (χ1) is 10.1. The minimum atomic E-state index is -0.806. The number of amides is 1. The van der Waals surface area contributed by atoms with Crippen molar-refractivity contribution in [3.8, 4) is 0 Å². The Morgan fingerprint density at radius 2 is 1.95 bits per heavy atom. The zero-order valence-electron chi connectivity index (χ0n) is 11.9. The summed E-state index contributed by atoms with van der Waals surface area (Å²) >= 11 is 1.53. The van der Waals surface area contributed by atoms with E-state index in [1.165, 1.54) is 11.3 Å². The lowest BCUT2D eigenvalue weighted by Crippen LogP contribution is -2.43. The molecular weight excluding hydrogens is 288 g/mol. The molecule has 0 saturated heterocycles. The number of nitrogens with one attached hydrogen (secondary N) is 1. The van der Waals surface area contributed by atoms with Gasteiger partial charge in [0.2, 0.25) is 0 Å². The number of aromatic nitrogens is 1. The van der Waals surface area contributed by atoms with Gasteiger partial charge in [-0.25, -0.2) is 4.98 Å². The highest BCUT2D eigenvalue weighted by molar-refractivity contribution is 7.10. The van der Waals surface area contributed by atoms with E-state index in [9.17, 15) is 14.7 Å². The molecule has 2 saturated carbocycles. The fraction of sp³-hybridized carbons (Fsp3) is 0.667. The van der Waals surface area contributed by atoms with Crippen molar-refractivity contribution in [2.24, 2.45) is 5.92 Å². The maximum Gasteiger partial charge on any atom is 0.308 e. The van der Waals surface area contributed by atoms with E-state index >= 15 is 0 Å². The van der Waals surface area contributed by atoms with Gasteiger partial charge in [-0.15, -0.1) is 11.3 Å². The molecule has 1 aromatic rings. The van der Waals surface area contributed by atoms with Gasteiger partial charge in [-0.05, 0) is 25.7 Å². The molecule has 0 radical (unpaired) electrons. The predicted octanol–water partition coefficient (Wildman–Crippen LogP) is 2.78. The van der Waals surface area contributed by atoms with Crippen LogP contribution in [0.4, 0.5) is 0 Å². The maximum absolute atomic E-state index is 12.3. The van der Waals surface area contributed by atoms with Crippen LogP contribution in [0.25, 0.3) is 0 Å². The molecule has 114 valence electrons. The highest BCUT2D eigenvalue weighted by atomic mass is 32.1. The van der Waals surface area contributed by atoms with Crippen LogP contribution in [0.3, 0.4) is 0 Å². The van der Waals surface area contributed by atoms with Gasteiger partial charge < -0.3 is 10.4 Å². The first kappa shape index (κ1) is 14.5. The minimum Gasteiger partial charge on any atom is -0.481 e. The summed E-state index contributed by atoms with van der Waals surface area (Å²) in [4.78, 5) is 28.1. The molecule has 2 aliphatic carbocycles. The third-order valence-corrected chi connectivity index (χ3v) is 5.34. The fourth-order valence-electron chi connectivity index (χ4n) is 2.93. The van der Waals surface area contributed by atoms with Crippen LogP contribution < -0.4 is 5.32 Å². The SMILES string of the molecule is O=C(N[C@H]1CCCCC[C@H]1C(=O)O)c1csc(C2CC2)n1. The third kappa shape index (κ3) is 3.43. The molecule has 1 amide bonds. The molecule has 2 aliphatic rings. The average Bonchev–Trinajstić information content (AvgIpc) is 3.22. The summed E-state index contributed by atoms with van der Waals surface area (Å²) in [5.74, 6) is -0.963. The predicted molar refractivity (Wildman–Crippen MR) is 79.6 cm³/mol. The molecule has 0 aliphatic heterocycles. The number of aliphatic carboxylic acids is 1. The molecule has 5 nitrogen and oxygen atoms in total. The summed E-state index contributed by atoms with van der Waals surface area (Å²) in [7, 11) is 0. The molecule has 21 heavy (non-hydrogen) atoms. The van der Waals surface area contributed by atoms with Crippen LogP contribution in [0.2, 0.25) is 0 Å². The highest BCUT2D eigenvalue weighted by Gasteiger charge is 2.32. The molecule has 0 bridgehead atoms. The van der Waals surface area contributed by atoms with E-state index in [-0.39, 0.29) is 11.9 Å². The number of carbonyl (C=O) groups is 2. The van der Waals surface area contributed by atoms with E-state index in [0.717, 1.165) is 43.5 Å². The van der Waals surface area contributed by atoms with Crippen molar-refractivity contribution in [1.29, 1.82) is 0 Å². The first-order valence-electron chi connectivity index (χ1n) is 7.64. The van der Waals surface area contributed by atoms with Crippen LogP contribution in [-0.2, 0) is 4.79 Å². The molecule has 1 aromatic heterocycles. The normalized spacial score (nSPS) is 26.1. The van der Waals surface area contributed by atoms with Gasteiger partial charge in [0.1, 0.15) is 5.69 Å². The van der Waals surface area contributed by atoms with E-state index in [4.69, 9.17) is 0 Å². The molecule has 2 fully saturated rings. The van der Waals surface area contributed by atoms with Crippen LogP contribution in [0, 0.1) is 5.92 Å². The third-order valence-electron chi connectivity index (χ3n) is 4.33. The van der Waals surface area contributed by atoms with Crippen LogP contribution in [-0.4, -0.2) is 28.0 Å². The molecule has 0 unspecified atom stereocenters. The van der Waals surface area contributed by atoms with Crippen LogP contribution in [0.5, 0.6) is 0 Å². The fourth-order valence-corrected chi connectivity index (χ4v) is 3.90. The lowest BCUT2D eigenvalue weighted by Gasteiger charge is -2.22. The molecule has 2 N–H and O–H groups in total. The standard InChI is InChI=1S/C15H20N2O3S/c18-13(12-8-21-14(17-12)9-6-7-9)16-11-5-3-1-2-4-10(11)15(19)20/h8-11H,1-7H2,(H,16,18)(H,19,20)/t10-,11+/m1/s1. The number of rotatable bonds is 4. The van der Waals surface area contributed by atoms with Gasteiger partial charge in [-0.2, -0.15) is 0 Å². The van der Waals surface area contributed by atoms with Crippen molar-refractivity contribution >= 4 is 23.2 Å². The van der Waals surface area contributed by atoms with Crippen LogP contribution in [0.15, 0.2) is 5.38 Å². The smallest absolute Gasteiger partial charge is 0.308 e. The highest BCUT2D eigenvalue weighted by Crippen LogP contribution is 2.41. The number of hydrogen-bond donors (Lipinski definition) is 2. The van der Waals surface area contributed by atoms with E-state index < -0.39 is 11.9 Å². The van der Waals surface area contributed by atoms with E-state index in [1.54, 1.807) is 5.38 Å². The van der Waals surface area contributed by atoms with Crippen molar-refractivity contribution in [1.82, 2.24) is 10.3 Å². The second-order valence-electron chi connectivity index (χ2n) is 6.01. The van der Waals surface area contributed by atoms with Crippen LogP contribution in [0.1, 0.15) is 66.4 Å². The summed E-state index contributed by atoms with van der Waals surface area (Å²) in [5.41, 5.74) is 0.440. The molecule has 0 aromatic carbocycles. The van der Waals surface area contributed by atoms with Crippen molar-refractivity contribution in [2.45, 2.75) is 56.9 Å². The monoisotopic (exact) mass is 308 g/mol. The number of thiazole rings is 1. The second-order valence-corrected chi connectivity index (χ2v) is 6.90. The molecular formula is C15H20N2O3S. The van der Waals surface area contributed by atoms with Gasteiger partial charge in [-0.3, -0.25) is 9.59 Å². The molecule has 2 atom stereocenters. The maximum atomic E-state index is 12.3. The van der Waals surface area contributed by atoms with Gasteiger partial charge in [0, 0.05) is 17.3 Å². The lowest BCUT2D eigenvalue weighted by atomic mass is 9.95. The van der Waals surface area contributed by atoms with Crippen molar-refractivity contribution < 1.29 is 14.7 Å². The first-order valence-corrected chi connectivity index (χ1v) is 8.52. The number of carboxylic acid groups (broad SMARTS) is 1. The van der Waals surface area contributed by atoms with Gasteiger partial charge in [0.15, 0.2) is 0 Å². The van der Waals surface area contributed by atoms with Crippen molar-refractivity contribution in [2.75, 3.05) is 0 Å². The average molecular weight is 308 g/mol. The van der Waals surface area contributed by atoms with Crippen molar-refractivity contribution in [3.63, 3.8) is 0 Å². The summed E-state index contributed by atoms with van der Waals surface area (Å²) in [6, 6.07) is -0.274. The molecule has 1 heterocycles. The van der Waals surface area contributed by atoms with E-state index in [2.05, 4.69) is 10.3 Å². The number of carboxylic acids is 1. The van der Waals surface area contributed by atoms with Crippen LogP contribution >= 0.6 is 11.3 Å². The largest absolute Gasteiger partial charge is 0.481 e.